The highest BCUT2D eigenvalue weighted by molar-refractivity contribution is 7.80. The Bertz CT molecular complexity index is 4070. The first-order chi connectivity index (χ1) is 64.1. The molecule has 0 aliphatic carbocycles. The molecule has 0 radical (unpaired) electrons. The minimum Gasteiger partial charge on any atom is -0.481 e. The van der Waals surface area contributed by atoms with Gasteiger partial charge >= 0.3 is 23.9 Å². The number of amides is 19. The number of nitrogens with two attached hydrogens (primary N) is 1. The maximum atomic E-state index is 14.3. The number of nitrogens with zero attached hydrogens (tertiary/aromatic N) is 1. The Balaban J connectivity index is 6.66. The van der Waals surface area contributed by atoms with Gasteiger partial charge in [0.05, 0.1) is 64.1 Å². The van der Waals surface area contributed by atoms with Crippen LogP contribution in [0.2, 0.25) is 0 Å². The van der Waals surface area contributed by atoms with Gasteiger partial charge in [0.1, 0.15) is 103 Å². The van der Waals surface area contributed by atoms with E-state index in [9.17, 15) is 161 Å². The van der Waals surface area contributed by atoms with E-state index in [0.717, 1.165) is 41.5 Å². The van der Waals surface area contributed by atoms with Crippen LogP contribution in [0.25, 0.3) is 0 Å². The summed E-state index contributed by atoms with van der Waals surface area (Å²) in [5, 5.41) is 154. The number of carbonyl (C=O) groups is 23. The Morgan fingerprint density at radius 2 is 0.620 bits per heavy atom. The summed E-state index contributed by atoms with van der Waals surface area (Å²) in [5.74, 6) is -29.6. The smallest absolute Gasteiger partial charge is 0.305 e. The maximum absolute atomic E-state index is 14.3. The fourth-order valence-corrected chi connectivity index (χ4v) is 12.7. The lowest BCUT2D eigenvalue weighted by atomic mass is 9.96. The van der Waals surface area contributed by atoms with Gasteiger partial charge in [-0.05, 0) is 125 Å². The molecule has 0 saturated heterocycles. The molecule has 778 valence electrons. The fraction of sp³-hybridized carbons (Fsp3) is 0.716. The summed E-state index contributed by atoms with van der Waals surface area (Å²) in [4.78, 5) is 305. The normalized spacial score (nSPS) is 15.8. The summed E-state index contributed by atoms with van der Waals surface area (Å²) in [5.41, 5.74) is 5.73. The molecule has 0 aromatic rings. The predicted molar refractivity (Wildman–Crippen MR) is 480 cm³/mol. The lowest BCUT2D eigenvalue weighted by Gasteiger charge is -2.30. The number of thiol groups is 1. The minimum absolute atomic E-state index is 0.0485. The molecule has 56 heteroatoms. The number of aliphatic hydroxyl groups is 7. The number of carboxylic acid groups (broad SMARTS) is 4. The lowest BCUT2D eigenvalue weighted by Crippen LogP contribution is -2.64. The van der Waals surface area contributed by atoms with Crippen LogP contribution in [0.15, 0.2) is 0 Å². The molecule has 55 nitrogen and oxygen atoms in total. The van der Waals surface area contributed by atoms with Crippen molar-refractivity contribution in [2.45, 2.75) is 287 Å². The molecule has 0 aliphatic heterocycles. The fourth-order valence-electron chi connectivity index (χ4n) is 12.5. The van der Waals surface area contributed by atoms with Crippen LogP contribution >= 0.6 is 12.6 Å². The molecule has 137 heavy (non-hydrogen) atoms. The van der Waals surface area contributed by atoms with Crippen LogP contribution in [0.3, 0.4) is 0 Å². The van der Waals surface area contributed by atoms with Gasteiger partial charge in [-0.25, -0.2) is 0 Å². The van der Waals surface area contributed by atoms with Crippen molar-refractivity contribution < 1.29 is 166 Å². The van der Waals surface area contributed by atoms with E-state index in [2.05, 4.69) is 92.4 Å². The molecule has 21 atom stereocenters. The lowest BCUT2D eigenvalue weighted by molar-refractivity contribution is -0.142. The van der Waals surface area contributed by atoms with E-state index in [4.69, 9.17) is 10.8 Å². The molecule has 0 heterocycles. The number of aliphatic hydroxyl groups excluding tert-OH is 7. The highest BCUT2D eigenvalue weighted by Crippen LogP contribution is 2.15. The number of hydrogen-bond donors (Lipinski definition) is 32. The molecule has 0 aliphatic rings. The van der Waals surface area contributed by atoms with Gasteiger partial charge in [-0.3, -0.25) is 110 Å². The third kappa shape index (κ3) is 48.4. The first-order valence-electron chi connectivity index (χ1n) is 44.1. The standard InChI is InChI=1S/C81H139N21O34S/c1-13-38(4)61(78(133)100-64(43(9)109)81(136)101-63(42(8)108)79(134)91-46(21-16-18-26-82)68(123)84-28-20-17-22-45(67(122)83-27-19-14-15-23-56(112)113)89-76(131)54(36-137)96-73(128)51(33-104)88-55(111)31-102(11)12)98-69(124)47(24-25-57(114)115)90-74(129)52(34-105)94-75(130)53(35-106)95-80(135)62(41(7)107)99-71(126)49(30-59(118)119)93-77(132)60(37(2)3)97-66(121)40(6)85-65(120)39(5)86-70(125)48(29-58(116)117)92-72(127)50(32-103)87-44(10)110/h37-43,45-54,60-64,103-109,137H,13-36,82H2,1-12H3,(H,83,122)(H,84,123)(H,85,120)(H,86,125)(H,87,110)(H,88,111)(H,89,131)(H,90,129)(H,91,134)(H,92,127)(H,93,132)(H,94,130)(H,95,135)(H,96,128)(H,97,121)(H,98,124)(H,99,126)(H,100,133)(H,101,136)(H,112,113)(H,114,115)(H,116,117)(H,118,119)/t38-,39-,40-,41+,42+,43+,45?,46-,47-,48-,49-,50-,51?,52-,53-,54?,60-,61-,62-,63-,64-/m0/s1. The largest absolute Gasteiger partial charge is 0.481 e. The first-order valence-corrected chi connectivity index (χ1v) is 44.7. The van der Waals surface area contributed by atoms with Crippen molar-refractivity contribution in [2.75, 3.05) is 72.5 Å². The molecule has 3 unspecified atom stereocenters. The summed E-state index contributed by atoms with van der Waals surface area (Å²) >= 11 is 4.18. The summed E-state index contributed by atoms with van der Waals surface area (Å²) in [6, 6.07) is -30.2. The summed E-state index contributed by atoms with van der Waals surface area (Å²) < 4.78 is 0. The van der Waals surface area contributed by atoms with Crippen LogP contribution in [0.4, 0.5) is 0 Å². The monoisotopic (exact) mass is 1980 g/mol. The Morgan fingerprint density at radius 1 is 0.314 bits per heavy atom. The first kappa shape index (κ1) is 125. The van der Waals surface area contributed by atoms with Gasteiger partial charge in [0.15, 0.2) is 0 Å². The quantitative estimate of drug-likeness (QED) is 0.0199. The van der Waals surface area contributed by atoms with Crippen molar-refractivity contribution in [3.05, 3.63) is 0 Å². The number of likely N-dealkylation sites (N-methyl/N-ethyl adjacent to an activating group) is 1. The Kier molecular flexibility index (Phi) is 59.7. The number of hydrogen-bond acceptors (Lipinski definition) is 33. The summed E-state index contributed by atoms with van der Waals surface area (Å²) in [7, 11) is 3.18. The topological polar surface area (TPSA) is 873 Å². The molecule has 19 amide bonds. The van der Waals surface area contributed by atoms with Crippen molar-refractivity contribution in [2.24, 2.45) is 17.6 Å². The van der Waals surface area contributed by atoms with E-state index in [1.807, 2.05) is 21.3 Å². The molecular formula is C81H139N21O34S. The molecule has 0 saturated carbocycles. The molecular weight excluding hydrogens is 1840 g/mol. The molecule has 0 bridgehead atoms. The molecule has 0 fully saturated rings. The zero-order valence-electron chi connectivity index (χ0n) is 78.5. The highest BCUT2D eigenvalue weighted by atomic mass is 32.1. The number of carbonyl (C=O) groups excluding carboxylic acids is 19. The van der Waals surface area contributed by atoms with E-state index in [1.54, 1.807) is 21.0 Å². The van der Waals surface area contributed by atoms with Gasteiger partial charge in [-0.1, -0.05) is 40.5 Å². The molecule has 0 aromatic heterocycles. The van der Waals surface area contributed by atoms with Crippen molar-refractivity contribution >= 4 is 149 Å². The minimum atomic E-state index is -2.20. The molecule has 0 aromatic carbocycles. The average molecular weight is 1980 g/mol. The third-order valence-electron chi connectivity index (χ3n) is 20.5. The second kappa shape index (κ2) is 65.5. The predicted octanol–water partition coefficient (Wildman–Crippen LogP) is -13.4. The van der Waals surface area contributed by atoms with Crippen LogP contribution < -0.4 is 107 Å². The van der Waals surface area contributed by atoms with Crippen LogP contribution in [0.1, 0.15) is 166 Å². The third-order valence-corrected chi connectivity index (χ3v) is 20.8. The average Bonchev–Trinajstić information content (AvgIpc) is 0.831. The van der Waals surface area contributed by atoms with Gasteiger partial charge in [0, 0.05) is 38.6 Å². The van der Waals surface area contributed by atoms with Crippen LogP contribution in [-0.4, -0.2) is 391 Å². The Morgan fingerprint density at radius 3 is 1.02 bits per heavy atom. The second-order valence-corrected chi connectivity index (χ2v) is 33.3. The van der Waals surface area contributed by atoms with Gasteiger partial charge in [-0.15, -0.1) is 0 Å². The number of nitrogens with one attached hydrogen (secondary N) is 19. The van der Waals surface area contributed by atoms with E-state index in [1.165, 1.54) is 25.7 Å². The molecule has 32 N–H and O–H groups in total. The number of aliphatic carboxylic acids is 4. The SMILES string of the molecule is CC[C@H](C)[C@H](NC(=O)[C@H](CCC(=O)O)NC(=O)[C@H](CO)NC(=O)[C@H](CO)NC(=O)[C@@H](NC(=O)[C@H](CC(=O)O)NC(=O)[C@@H](NC(=O)[C@H](C)NC(=O)[C@H](C)NC(=O)[C@H](CC(=O)O)NC(=O)[C@H](CO)NC(C)=O)C(C)C)[C@@H](C)O)C(=O)N[C@H](C(=O)N[C@H](C(=O)N[C@@H](CCCCN)C(=O)NCCCCC(NC(=O)C(CS)NC(=O)C(CO)NC(=O)CN(C)C)C(=O)NCCCCCC(=O)O)[C@@H](C)O)[C@@H](C)O. The van der Waals surface area contributed by atoms with Crippen LogP contribution in [-0.2, 0) is 110 Å². The van der Waals surface area contributed by atoms with E-state index >= 15 is 0 Å². The maximum Gasteiger partial charge on any atom is 0.305 e. The zero-order valence-corrected chi connectivity index (χ0v) is 79.3. The van der Waals surface area contributed by atoms with Crippen LogP contribution in [0.5, 0.6) is 0 Å². The number of rotatable bonds is 69. The van der Waals surface area contributed by atoms with Gasteiger partial charge in [0.25, 0.3) is 0 Å². The van der Waals surface area contributed by atoms with Crippen molar-refractivity contribution in [1.82, 2.24) is 106 Å². The molecule has 0 rings (SSSR count). The number of carboxylic acids is 4. The van der Waals surface area contributed by atoms with Gasteiger partial charge in [-0.2, -0.15) is 12.6 Å². The summed E-state index contributed by atoms with van der Waals surface area (Å²) in [6.07, 6.45) is -7.81. The Labute approximate surface area is 794 Å². The number of unbranched alkanes of at least 4 members (excludes halogenated alkanes) is 4. The van der Waals surface area contributed by atoms with E-state index in [-0.39, 0.29) is 76.9 Å². The second-order valence-electron chi connectivity index (χ2n) is 33.0. The van der Waals surface area contributed by atoms with Gasteiger partial charge < -0.3 is 168 Å². The van der Waals surface area contributed by atoms with Crippen LogP contribution in [0, 0.1) is 11.8 Å². The van der Waals surface area contributed by atoms with Crippen molar-refractivity contribution in [1.29, 1.82) is 0 Å². The van der Waals surface area contributed by atoms with E-state index < -0.39 is 321 Å². The van der Waals surface area contributed by atoms with Crippen molar-refractivity contribution in [3.8, 4) is 0 Å². The summed E-state index contributed by atoms with van der Waals surface area (Å²) in [6.45, 7) is 7.39. The highest BCUT2D eigenvalue weighted by Gasteiger charge is 2.42. The molecule has 0 spiro atoms. The van der Waals surface area contributed by atoms with E-state index in [0.29, 0.717) is 25.7 Å². The van der Waals surface area contributed by atoms with Gasteiger partial charge in [0.2, 0.25) is 112 Å². The zero-order chi connectivity index (χ0) is 105. The van der Waals surface area contributed by atoms with Crippen molar-refractivity contribution in [3.63, 3.8) is 0 Å². The Hall–Kier alpha value is -12.2.